The smallest absolute Gasteiger partial charge is 0.246 e. The first-order chi connectivity index (χ1) is 11.2. The number of aromatic amines is 1. The van der Waals surface area contributed by atoms with Gasteiger partial charge in [0.1, 0.15) is 0 Å². The number of aromatic nitrogens is 1. The molecule has 4 nitrogen and oxygen atoms in total. The number of nitrogens with one attached hydrogen (secondary N) is 1. The third-order valence-electron chi connectivity index (χ3n) is 3.97. The molecule has 0 unspecified atom stereocenters. The van der Waals surface area contributed by atoms with E-state index >= 15 is 0 Å². The highest BCUT2D eigenvalue weighted by atomic mass is 79.9. The van der Waals surface area contributed by atoms with Crippen LogP contribution < -0.4 is 9.88 Å². The van der Waals surface area contributed by atoms with E-state index in [1.165, 1.54) is 5.69 Å². The Morgan fingerprint density at radius 3 is 2.43 bits per heavy atom. The number of nitrogens with zero attached hydrogens (tertiary/aromatic N) is 2. The summed E-state index contributed by atoms with van der Waals surface area (Å²) in [5.41, 5.74) is 2.21. The Labute approximate surface area is 144 Å². The Morgan fingerprint density at radius 2 is 1.74 bits per heavy atom. The number of rotatable bonds is 3. The van der Waals surface area contributed by atoms with Gasteiger partial charge in [-0.05, 0) is 17.7 Å². The number of hydrogen-bond donors (Lipinski definition) is 0. The first-order valence-electron chi connectivity index (χ1n) is 7.66. The van der Waals surface area contributed by atoms with Gasteiger partial charge in [0, 0.05) is 54.5 Å². The zero-order valence-corrected chi connectivity index (χ0v) is 14.4. The number of carbonyl (C=O) groups is 1. The van der Waals surface area contributed by atoms with Crippen molar-refractivity contribution in [3.63, 3.8) is 0 Å². The summed E-state index contributed by atoms with van der Waals surface area (Å²) in [4.78, 5) is 19.6. The maximum absolute atomic E-state index is 12.3. The van der Waals surface area contributed by atoms with Crippen molar-refractivity contribution in [1.82, 2.24) is 4.90 Å². The van der Waals surface area contributed by atoms with Crippen molar-refractivity contribution in [2.45, 2.75) is 0 Å². The summed E-state index contributed by atoms with van der Waals surface area (Å²) in [6.07, 6.45) is 7.37. The van der Waals surface area contributed by atoms with Gasteiger partial charge in [-0.15, -0.1) is 0 Å². The van der Waals surface area contributed by atoms with Gasteiger partial charge in [-0.3, -0.25) is 4.79 Å². The lowest BCUT2D eigenvalue weighted by Gasteiger charge is -2.35. The zero-order chi connectivity index (χ0) is 16.1. The SMILES string of the molecule is O=C(/C=C/c1ccccc1Br)N1CCN(c2cc[nH+]cc2)CC1. The molecule has 0 saturated carbocycles. The summed E-state index contributed by atoms with van der Waals surface area (Å²) in [6.45, 7) is 3.22. The number of hydrogen-bond acceptors (Lipinski definition) is 2. The van der Waals surface area contributed by atoms with Gasteiger partial charge in [0.15, 0.2) is 12.4 Å². The van der Waals surface area contributed by atoms with Crippen LogP contribution in [-0.4, -0.2) is 37.0 Å². The predicted octanol–water partition coefficient (Wildman–Crippen LogP) is 2.63. The van der Waals surface area contributed by atoms with Gasteiger partial charge in [-0.1, -0.05) is 34.1 Å². The Hall–Kier alpha value is -2.14. The Kier molecular flexibility index (Phi) is 5.08. The van der Waals surface area contributed by atoms with Crippen molar-refractivity contribution in [1.29, 1.82) is 0 Å². The number of carbonyl (C=O) groups excluding carboxylic acids is 1. The van der Waals surface area contributed by atoms with Crippen LogP contribution in [0.1, 0.15) is 5.56 Å². The lowest BCUT2D eigenvalue weighted by molar-refractivity contribution is -0.377. The van der Waals surface area contributed by atoms with Gasteiger partial charge in [0.2, 0.25) is 5.91 Å². The monoisotopic (exact) mass is 372 g/mol. The fraction of sp³-hybridized carbons (Fsp3) is 0.222. The topological polar surface area (TPSA) is 37.7 Å². The summed E-state index contributed by atoms with van der Waals surface area (Å²) in [5.74, 6) is 0.0711. The van der Waals surface area contributed by atoms with Crippen LogP contribution in [0.2, 0.25) is 0 Å². The molecule has 1 amide bonds. The van der Waals surface area contributed by atoms with Gasteiger partial charge in [-0.2, -0.15) is 0 Å². The minimum Gasteiger partial charge on any atom is -0.368 e. The van der Waals surface area contributed by atoms with E-state index in [0.717, 1.165) is 36.2 Å². The minimum absolute atomic E-state index is 0.0711. The number of halogens is 1. The number of benzene rings is 1. The molecular weight excluding hydrogens is 354 g/mol. The molecule has 1 fully saturated rings. The number of amides is 1. The third-order valence-corrected chi connectivity index (χ3v) is 4.69. The van der Waals surface area contributed by atoms with Gasteiger partial charge < -0.3 is 9.80 Å². The average Bonchev–Trinajstić information content (AvgIpc) is 2.62. The van der Waals surface area contributed by atoms with Crippen molar-refractivity contribution in [3.8, 4) is 0 Å². The Morgan fingerprint density at radius 1 is 1.04 bits per heavy atom. The summed E-state index contributed by atoms with van der Waals surface area (Å²) < 4.78 is 0.995. The van der Waals surface area contributed by atoms with Gasteiger partial charge in [0.25, 0.3) is 0 Å². The van der Waals surface area contributed by atoms with Gasteiger partial charge in [0.05, 0.1) is 0 Å². The largest absolute Gasteiger partial charge is 0.368 e. The second-order valence-electron chi connectivity index (χ2n) is 5.43. The van der Waals surface area contributed by atoms with Crippen LogP contribution >= 0.6 is 15.9 Å². The van der Waals surface area contributed by atoms with Crippen LogP contribution in [0.5, 0.6) is 0 Å². The average molecular weight is 373 g/mol. The van der Waals surface area contributed by atoms with Crippen molar-refractivity contribution in [2.24, 2.45) is 0 Å². The highest BCUT2D eigenvalue weighted by molar-refractivity contribution is 9.10. The van der Waals surface area contributed by atoms with Crippen molar-refractivity contribution < 1.29 is 9.78 Å². The molecule has 2 aromatic rings. The molecule has 1 aliphatic rings. The first kappa shape index (κ1) is 15.7. The molecule has 0 radical (unpaired) electrons. The van der Waals surface area contributed by atoms with Crippen LogP contribution in [0.25, 0.3) is 6.08 Å². The van der Waals surface area contributed by atoms with E-state index in [2.05, 4.69) is 37.9 Å². The summed E-state index contributed by atoms with van der Waals surface area (Å²) in [6, 6.07) is 12.0. The van der Waals surface area contributed by atoms with Crippen molar-refractivity contribution in [3.05, 3.63) is 64.9 Å². The molecule has 1 aromatic heterocycles. The molecule has 0 atom stereocenters. The van der Waals surface area contributed by atoms with Crippen LogP contribution in [-0.2, 0) is 4.79 Å². The highest BCUT2D eigenvalue weighted by Crippen LogP contribution is 2.18. The second kappa shape index (κ2) is 7.42. The molecule has 0 spiro atoms. The van der Waals surface area contributed by atoms with Crippen molar-refractivity contribution >= 4 is 33.6 Å². The normalized spacial score (nSPS) is 15.2. The molecule has 23 heavy (non-hydrogen) atoms. The van der Waals surface area contributed by atoms with Crippen molar-refractivity contribution in [2.75, 3.05) is 31.1 Å². The summed E-state index contributed by atoms with van der Waals surface area (Å²) in [5, 5.41) is 0. The number of piperazine rings is 1. The summed E-state index contributed by atoms with van der Waals surface area (Å²) in [7, 11) is 0. The highest BCUT2D eigenvalue weighted by Gasteiger charge is 2.19. The molecule has 1 aliphatic heterocycles. The fourth-order valence-corrected chi connectivity index (χ4v) is 3.07. The molecule has 3 rings (SSSR count). The standard InChI is InChI=1S/C18H18BrN3O/c19-17-4-2-1-3-15(17)5-6-18(23)22-13-11-21(12-14-22)16-7-9-20-10-8-16/h1-10H,11-14H2/p+1/b6-5+. The fourth-order valence-electron chi connectivity index (χ4n) is 2.65. The van der Waals surface area contributed by atoms with E-state index < -0.39 is 0 Å². The number of H-pyrrole nitrogens is 1. The maximum Gasteiger partial charge on any atom is 0.246 e. The molecule has 0 bridgehead atoms. The predicted molar refractivity (Wildman–Crippen MR) is 95.0 cm³/mol. The molecule has 1 saturated heterocycles. The lowest BCUT2D eigenvalue weighted by Crippen LogP contribution is -2.48. The molecule has 5 heteroatoms. The first-order valence-corrected chi connectivity index (χ1v) is 8.46. The zero-order valence-electron chi connectivity index (χ0n) is 12.8. The Balaban J connectivity index is 1.57. The quantitative estimate of drug-likeness (QED) is 0.776. The Bertz CT molecular complexity index is 694. The van der Waals surface area contributed by atoms with Gasteiger partial charge in [-0.25, -0.2) is 4.98 Å². The van der Waals surface area contributed by atoms with E-state index in [-0.39, 0.29) is 5.91 Å². The van der Waals surface area contributed by atoms with E-state index in [9.17, 15) is 4.79 Å². The minimum atomic E-state index is 0.0711. The maximum atomic E-state index is 12.3. The third kappa shape index (κ3) is 3.99. The van der Waals surface area contributed by atoms with E-state index in [4.69, 9.17) is 0 Å². The van der Waals surface area contributed by atoms with Crippen LogP contribution in [0.15, 0.2) is 59.3 Å². The van der Waals surface area contributed by atoms with E-state index in [1.807, 2.05) is 47.6 Å². The number of anilines is 1. The van der Waals surface area contributed by atoms with Crippen LogP contribution in [0, 0.1) is 0 Å². The molecule has 2 heterocycles. The second-order valence-corrected chi connectivity index (χ2v) is 6.28. The molecular formula is C18H19BrN3O+. The lowest BCUT2D eigenvalue weighted by atomic mass is 10.2. The summed E-state index contributed by atoms with van der Waals surface area (Å²) >= 11 is 3.49. The molecule has 1 N–H and O–H groups in total. The molecule has 0 aliphatic carbocycles. The number of pyridine rings is 1. The van der Waals surface area contributed by atoms with E-state index in [0.29, 0.717) is 0 Å². The van der Waals surface area contributed by atoms with Gasteiger partial charge >= 0.3 is 0 Å². The van der Waals surface area contributed by atoms with Crippen LogP contribution in [0.4, 0.5) is 5.69 Å². The molecule has 1 aromatic carbocycles. The van der Waals surface area contributed by atoms with Crippen LogP contribution in [0.3, 0.4) is 0 Å². The van der Waals surface area contributed by atoms with E-state index in [1.54, 1.807) is 6.08 Å². The molecule has 118 valence electrons.